The predicted molar refractivity (Wildman–Crippen MR) is 65.2 cm³/mol. The van der Waals surface area contributed by atoms with Crippen LogP contribution in [0.4, 0.5) is 5.69 Å². The summed E-state index contributed by atoms with van der Waals surface area (Å²) in [4.78, 5) is 0. The first kappa shape index (κ1) is 11.0. The van der Waals surface area contributed by atoms with E-state index in [0.29, 0.717) is 18.8 Å². The van der Waals surface area contributed by atoms with Gasteiger partial charge in [0.15, 0.2) is 0 Å². The first-order chi connectivity index (χ1) is 8.04. The fourth-order valence-electron chi connectivity index (χ4n) is 2.04. The fraction of sp³-hybridized carbons (Fsp3) is 0.455. The van der Waals surface area contributed by atoms with Crippen LogP contribution in [0, 0.1) is 0 Å². The van der Waals surface area contributed by atoms with E-state index in [1.165, 1.54) is 4.31 Å². The summed E-state index contributed by atoms with van der Waals surface area (Å²) in [6.07, 6.45) is 1.90. The molecule has 3 N–H and O–H groups in total. The molecule has 0 saturated heterocycles. The molecule has 1 aliphatic heterocycles. The SMILES string of the molecule is Nc1ccc2c(c1)CN(S(=O)(=O)NC1CC1)C2. The van der Waals surface area contributed by atoms with Crippen molar-refractivity contribution >= 4 is 15.9 Å². The van der Waals surface area contributed by atoms with Crippen LogP contribution in [0.15, 0.2) is 18.2 Å². The Bertz CT molecular complexity index is 552. The summed E-state index contributed by atoms with van der Waals surface area (Å²) in [5.74, 6) is 0. The number of fused-ring (bicyclic) bond motifs is 1. The smallest absolute Gasteiger partial charge is 0.280 e. The molecule has 1 saturated carbocycles. The summed E-state index contributed by atoms with van der Waals surface area (Å²) < 4.78 is 28.2. The molecule has 1 heterocycles. The van der Waals surface area contributed by atoms with Crippen molar-refractivity contribution in [3.8, 4) is 0 Å². The fourth-order valence-corrected chi connectivity index (χ4v) is 3.46. The first-order valence-electron chi connectivity index (χ1n) is 5.69. The lowest BCUT2D eigenvalue weighted by Gasteiger charge is -2.15. The van der Waals surface area contributed by atoms with E-state index in [0.717, 1.165) is 24.0 Å². The second-order valence-corrected chi connectivity index (χ2v) is 6.40. The van der Waals surface area contributed by atoms with Crippen molar-refractivity contribution in [2.24, 2.45) is 0 Å². The molecular weight excluding hydrogens is 238 g/mol. The van der Waals surface area contributed by atoms with Gasteiger partial charge in [-0.25, -0.2) is 0 Å². The Labute approximate surface area is 101 Å². The van der Waals surface area contributed by atoms with Crippen LogP contribution >= 0.6 is 0 Å². The maximum Gasteiger partial charge on any atom is 0.280 e. The Balaban J connectivity index is 1.81. The van der Waals surface area contributed by atoms with E-state index >= 15 is 0 Å². The van der Waals surface area contributed by atoms with Gasteiger partial charge in [0, 0.05) is 24.8 Å². The molecule has 0 amide bonds. The molecule has 0 unspecified atom stereocenters. The first-order valence-corrected chi connectivity index (χ1v) is 7.13. The summed E-state index contributed by atoms with van der Waals surface area (Å²) in [5, 5.41) is 0. The van der Waals surface area contributed by atoms with E-state index in [4.69, 9.17) is 5.73 Å². The highest BCUT2D eigenvalue weighted by molar-refractivity contribution is 7.87. The number of nitrogen functional groups attached to an aromatic ring is 1. The number of hydrogen-bond donors (Lipinski definition) is 2. The summed E-state index contributed by atoms with van der Waals surface area (Å²) in [5.41, 5.74) is 8.42. The van der Waals surface area contributed by atoms with Gasteiger partial charge in [0.05, 0.1) is 0 Å². The molecule has 0 bridgehead atoms. The van der Waals surface area contributed by atoms with Crippen molar-refractivity contribution in [1.29, 1.82) is 0 Å². The highest BCUT2D eigenvalue weighted by atomic mass is 32.2. The summed E-state index contributed by atoms with van der Waals surface area (Å²) in [7, 11) is -3.33. The lowest BCUT2D eigenvalue weighted by molar-refractivity contribution is 0.421. The number of hydrogen-bond acceptors (Lipinski definition) is 3. The van der Waals surface area contributed by atoms with Crippen LogP contribution in [0.2, 0.25) is 0 Å². The van der Waals surface area contributed by atoms with Crippen LogP contribution < -0.4 is 10.5 Å². The van der Waals surface area contributed by atoms with Gasteiger partial charge in [0.25, 0.3) is 10.2 Å². The maximum absolute atomic E-state index is 12.0. The minimum absolute atomic E-state index is 0.147. The summed E-state index contributed by atoms with van der Waals surface area (Å²) in [6.45, 7) is 0.861. The molecule has 0 radical (unpaired) electrons. The van der Waals surface area contributed by atoms with Crippen molar-refractivity contribution in [3.05, 3.63) is 29.3 Å². The van der Waals surface area contributed by atoms with Crippen molar-refractivity contribution in [3.63, 3.8) is 0 Å². The highest BCUT2D eigenvalue weighted by Crippen LogP contribution is 2.28. The second-order valence-electron chi connectivity index (χ2n) is 4.69. The zero-order valence-electron chi connectivity index (χ0n) is 9.39. The average Bonchev–Trinajstić information content (AvgIpc) is 2.94. The number of nitrogens with one attached hydrogen (secondary N) is 1. The van der Waals surface area contributed by atoms with Gasteiger partial charge in [-0.1, -0.05) is 6.07 Å². The van der Waals surface area contributed by atoms with Crippen molar-refractivity contribution in [2.45, 2.75) is 32.0 Å². The largest absolute Gasteiger partial charge is 0.399 e. The summed E-state index contributed by atoms with van der Waals surface area (Å²) >= 11 is 0. The lowest BCUT2D eigenvalue weighted by atomic mass is 10.1. The number of anilines is 1. The molecule has 5 nitrogen and oxygen atoms in total. The topological polar surface area (TPSA) is 75.4 Å². The van der Waals surface area contributed by atoms with Crippen molar-refractivity contribution < 1.29 is 8.42 Å². The van der Waals surface area contributed by atoms with Gasteiger partial charge in [-0.15, -0.1) is 0 Å². The zero-order valence-corrected chi connectivity index (χ0v) is 10.2. The Morgan fingerprint density at radius 1 is 1.24 bits per heavy atom. The molecular formula is C11H15N3O2S. The van der Waals surface area contributed by atoms with E-state index in [9.17, 15) is 8.42 Å². The average molecular weight is 253 g/mol. The molecule has 0 aromatic heterocycles. The molecule has 1 aliphatic carbocycles. The molecule has 17 heavy (non-hydrogen) atoms. The normalized spacial score (nSPS) is 20.5. The molecule has 1 aromatic carbocycles. The molecule has 2 aliphatic rings. The van der Waals surface area contributed by atoms with E-state index in [1.54, 1.807) is 0 Å². The van der Waals surface area contributed by atoms with Crippen LogP contribution in [0.5, 0.6) is 0 Å². The third-order valence-electron chi connectivity index (χ3n) is 3.16. The van der Waals surface area contributed by atoms with Gasteiger partial charge >= 0.3 is 0 Å². The summed E-state index contributed by atoms with van der Waals surface area (Å²) in [6, 6.07) is 5.71. The van der Waals surface area contributed by atoms with Gasteiger partial charge in [-0.2, -0.15) is 17.4 Å². The third kappa shape index (κ3) is 2.15. The molecule has 0 spiro atoms. The molecule has 0 atom stereocenters. The van der Waals surface area contributed by atoms with Gasteiger partial charge < -0.3 is 5.73 Å². The van der Waals surface area contributed by atoms with E-state index in [1.807, 2.05) is 18.2 Å². The van der Waals surface area contributed by atoms with Gasteiger partial charge in [0.2, 0.25) is 0 Å². The van der Waals surface area contributed by atoms with Crippen LogP contribution in [0.25, 0.3) is 0 Å². The minimum atomic E-state index is -3.33. The van der Waals surface area contributed by atoms with Crippen LogP contribution in [0.3, 0.4) is 0 Å². The van der Waals surface area contributed by atoms with Gasteiger partial charge in [0.1, 0.15) is 0 Å². The monoisotopic (exact) mass is 253 g/mol. The Morgan fingerprint density at radius 3 is 2.65 bits per heavy atom. The van der Waals surface area contributed by atoms with E-state index in [-0.39, 0.29) is 6.04 Å². The van der Waals surface area contributed by atoms with Crippen LogP contribution in [0.1, 0.15) is 24.0 Å². The number of rotatable bonds is 3. The minimum Gasteiger partial charge on any atom is -0.399 e. The zero-order chi connectivity index (χ0) is 12.0. The maximum atomic E-state index is 12.0. The highest BCUT2D eigenvalue weighted by Gasteiger charge is 2.34. The predicted octanol–water partition coefficient (Wildman–Crippen LogP) is 0.581. The lowest BCUT2D eigenvalue weighted by Crippen LogP contribution is -2.38. The molecule has 92 valence electrons. The van der Waals surface area contributed by atoms with Crippen molar-refractivity contribution in [1.82, 2.24) is 9.03 Å². The van der Waals surface area contributed by atoms with Crippen LogP contribution in [-0.4, -0.2) is 18.8 Å². The molecule has 6 heteroatoms. The van der Waals surface area contributed by atoms with Crippen molar-refractivity contribution in [2.75, 3.05) is 5.73 Å². The number of nitrogens with zero attached hydrogens (tertiary/aromatic N) is 1. The van der Waals surface area contributed by atoms with E-state index in [2.05, 4.69) is 4.72 Å². The molecule has 1 fully saturated rings. The van der Waals surface area contributed by atoms with Gasteiger partial charge in [-0.3, -0.25) is 0 Å². The standard InChI is InChI=1S/C11H15N3O2S/c12-10-2-1-8-6-14(7-9(8)5-10)17(15,16)13-11-3-4-11/h1-2,5,11,13H,3-4,6-7,12H2. The number of nitrogens with two attached hydrogens (primary N) is 1. The van der Waals surface area contributed by atoms with Crippen LogP contribution in [-0.2, 0) is 23.3 Å². The number of benzene rings is 1. The van der Waals surface area contributed by atoms with Gasteiger partial charge in [-0.05, 0) is 36.1 Å². The quantitative estimate of drug-likeness (QED) is 0.774. The molecule has 3 rings (SSSR count). The molecule has 1 aromatic rings. The Morgan fingerprint density at radius 2 is 1.94 bits per heavy atom. The van der Waals surface area contributed by atoms with E-state index < -0.39 is 10.2 Å². The second kappa shape index (κ2) is 3.69. The third-order valence-corrected chi connectivity index (χ3v) is 4.73. The Hall–Kier alpha value is -1.11. The Kier molecular flexibility index (Phi) is 2.39.